The molecule has 4 nitrogen and oxygen atoms in total. The molecule has 0 spiro atoms. The van der Waals surface area contributed by atoms with E-state index in [0.29, 0.717) is 6.42 Å². The zero-order valence-corrected chi connectivity index (χ0v) is 8.53. The fourth-order valence-corrected chi connectivity index (χ4v) is 1.61. The lowest BCUT2D eigenvalue weighted by atomic mass is 10.1. The van der Waals surface area contributed by atoms with E-state index in [2.05, 4.69) is 0 Å². The number of hydrogen-bond acceptors (Lipinski definition) is 4. The topological polar surface area (TPSA) is 69.9 Å². The van der Waals surface area contributed by atoms with Crippen LogP contribution in [0.4, 0.5) is 0 Å². The van der Waals surface area contributed by atoms with Gasteiger partial charge in [-0.2, -0.15) is 0 Å². The first-order valence-electron chi connectivity index (χ1n) is 4.85. The van der Waals surface area contributed by atoms with Crippen molar-refractivity contribution in [1.29, 1.82) is 0 Å². The van der Waals surface area contributed by atoms with Crippen molar-refractivity contribution in [2.75, 3.05) is 7.11 Å². The summed E-state index contributed by atoms with van der Waals surface area (Å²) < 4.78 is 4.91. The Kier molecular flexibility index (Phi) is 2.23. The molecule has 2 rings (SSSR count). The molecule has 0 unspecified atom stereocenters. The molecule has 82 valence electrons. The molecular weight excluding hydrogens is 196 g/mol. The summed E-state index contributed by atoms with van der Waals surface area (Å²) in [7, 11) is 1.42. The van der Waals surface area contributed by atoms with Gasteiger partial charge in [-0.25, -0.2) is 0 Å². The fraction of sp³-hybridized carbons (Fsp3) is 0.455. The molecule has 1 aliphatic rings. The number of hydrogen-bond donors (Lipinski definition) is 3. The Labute approximate surface area is 87.7 Å². The molecule has 4 heteroatoms. The zero-order chi connectivity index (χ0) is 11.1. The average Bonchev–Trinajstić information content (AvgIpc) is 2.89. The van der Waals surface area contributed by atoms with Crippen LogP contribution >= 0.6 is 0 Å². The molecule has 0 radical (unpaired) electrons. The van der Waals surface area contributed by atoms with Crippen LogP contribution in [0.25, 0.3) is 0 Å². The number of phenols is 2. The predicted molar refractivity (Wildman–Crippen MR) is 54.2 cm³/mol. The Hall–Kier alpha value is -1.42. The highest BCUT2D eigenvalue weighted by molar-refractivity contribution is 5.52. The molecule has 0 saturated heterocycles. The van der Waals surface area contributed by atoms with Crippen LogP contribution in [-0.2, 0) is 6.42 Å². The minimum Gasteiger partial charge on any atom is -0.504 e. The third-order valence-corrected chi connectivity index (χ3v) is 2.69. The van der Waals surface area contributed by atoms with Crippen molar-refractivity contribution in [3.05, 3.63) is 17.7 Å². The minimum atomic E-state index is -0.617. The third-order valence-electron chi connectivity index (χ3n) is 2.69. The predicted octanol–water partition coefficient (Wildman–Crippen LogP) is 1.17. The van der Waals surface area contributed by atoms with Crippen LogP contribution in [0.5, 0.6) is 17.2 Å². The summed E-state index contributed by atoms with van der Waals surface area (Å²) in [5.41, 5.74) is 0.149. The number of aliphatic hydroxyl groups is 1. The van der Waals surface area contributed by atoms with Crippen LogP contribution in [0.3, 0.4) is 0 Å². The van der Waals surface area contributed by atoms with Gasteiger partial charge in [-0.1, -0.05) is 0 Å². The van der Waals surface area contributed by atoms with E-state index in [4.69, 9.17) is 4.74 Å². The van der Waals surface area contributed by atoms with Crippen LogP contribution in [0.15, 0.2) is 12.1 Å². The molecule has 0 atom stereocenters. The fourth-order valence-electron chi connectivity index (χ4n) is 1.61. The molecule has 1 aromatic carbocycles. The van der Waals surface area contributed by atoms with E-state index < -0.39 is 5.60 Å². The average molecular weight is 210 g/mol. The summed E-state index contributed by atoms with van der Waals surface area (Å²) in [4.78, 5) is 0. The summed E-state index contributed by atoms with van der Waals surface area (Å²) in [5, 5.41) is 28.5. The number of methoxy groups -OCH3 is 1. The number of aromatic hydroxyl groups is 2. The highest BCUT2D eigenvalue weighted by atomic mass is 16.5. The van der Waals surface area contributed by atoms with Crippen molar-refractivity contribution in [1.82, 2.24) is 0 Å². The normalized spacial score (nSPS) is 17.5. The molecule has 0 bridgehead atoms. The van der Waals surface area contributed by atoms with Gasteiger partial charge in [0, 0.05) is 6.42 Å². The molecule has 0 aliphatic heterocycles. The van der Waals surface area contributed by atoms with Crippen LogP contribution in [-0.4, -0.2) is 28.0 Å². The maximum Gasteiger partial charge on any atom is 0.200 e. The van der Waals surface area contributed by atoms with Crippen LogP contribution in [0.2, 0.25) is 0 Å². The van der Waals surface area contributed by atoms with E-state index in [9.17, 15) is 15.3 Å². The van der Waals surface area contributed by atoms with Crippen molar-refractivity contribution < 1.29 is 20.1 Å². The summed E-state index contributed by atoms with van der Waals surface area (Å²) in [6.45, 7) is 0. The quantitative estimate of drug-likeness (QED) is 0.655. The Morgan fingerprint density at radius 2 is 2.00 bits per heavy atom. The summed E-state index contributed by atoms with van der Waals surface area (Å²) in [6.07, 6.45) is 2.06. The lowest BCUT2D eigenvalue weighted by molar-refractivity contribution is 0.151. The third kappa shape index (κ3) is 1.99. The van der Waals surface area contributed by atoms with Gasteiger partial charge in [0.05, 0.1) is 12.7 Å². The van der Waals surface area contributed by atoms with Crippen LogP contribution in [0.1, 0.15) is 18.4 Å². The molecular formula is C11H14O4. The van der Waals surface area contributed by atoms with Gasteiger partial charge in [-0.3, -0.25) is 0 Å². The van der Waals surface area contributed by atoms with E-state index in [-0.39, 0.29) is 17.2 Å². The molecule has 0 amide bonds. The zero-order valence-electron chi connectivity index (χ0n) is 8.53. The van der Waals surface area contributed by atoms with Gasteiger partial charge in [0.25, 0.3) is 0 Å². The lowest BCUT2D eigenvalue weighted by Crippen LogP contribution is -2.10. The summed E-state index contributed by atoms with van der Waals surface area (Å²) in [6, 6.07) is 3.08. The van der Waals surface area contributed by atoms with Gasteiger partial charge < -0.3 is 20.1 Å². The number of phenolic OH excluding ortho intramolecular Hbond substituents is 2. The highest BCUT2D eigenvalue weighted by Crippen LogP contribution is 2.42. The first kappa shape index (κ1) is 10.1. The van der Waals surface area contributed by atoms with E-state index in [1.165, 1.54) is 13.2 Å². The Balaban J connectivity index is 2.28. The first-order chi connectivity index (χ1) is 7.04. The first-order valence-corrected chi connectivity index (χ1v) is 4.85. The van der Waals surface area contributed by atoms with Crippen LogP contribution in [0, 0.1) is 0 Å². The van der Waals surface area contributed by atoms with Crippen molar-refractivity contribution in [2.45, 2.75) is 24.9 Å². The second-order valence-electron chi connectivity index (χ2n) is 4.07. The second-order valence-corrected chi connectivity index (χ2v) is 4.07. The number of ether oxygens (including phenoxy) is 1. The Bertz CT molecular complexity index is 382. The van der Waals surface area contributed by atoms with Crippen molar-refractivity contribution in [3.8, 4) is 17.2 Å². The van der Waals surface area contributed by atoms with Gasteiger partial charge >= 0.3 is 0 Å². The van der Waals surface area contributed by atoms with Gasteiger partial charge in [0.2, 0.25) is 5.75 Å². The molecule has 0 aromatic heterocycles. The Morgan fingerprint density at radius 1 is 1.33 bits per heavy atom. The molecule has 1 saturated carbocycles. The maximum absolute atomic E-state index is 9.72. The molecule has 0 heterocycles. The van der Waals surface area contributed by atoms with Crippen molar-refractivity contribution in [3.63, 3.8) is 0 Å². The minimum absolute atomic E-state index is 0.214. The van der Waals surface area contributed by atoms with E-state index in [1.807, 2.05) is 0 Å². The van der Waals surface area contributed by atoms with Gasteiger partial charge in [-0.15, -0.1) is 0 Å². The van der Waals surface area contributed by atoms with Gasteiger partial charge in [-0.05, 0) is 30.5 Å². The maximum atomic E-state index is 9.72. The van der Waals surface area contributed by atoms with Crippen molar-refractivity contribution >= 4 is 0 Å². The molecule has 1 fully saturated rings. The van der Waals surface area contributed by atoms with Crippen molar-refractivity contribution in [2.24, 2.45) is 0 Å². The standard InChI is InChI=1S/C11H14O4/c1-15-9-5-7(4-8(12)10(9)13)6-11(14)2-3-11/h4-5,12-14H,2-3,6H2,1H3. The molecule has 15 heavy (non-hydrogen) atoms. The smallest absolute Gasteiger partial charge is 0.200 e. The molecule has 3 N–H and O–H groups in total. The molecule has 1 aliphatic carbocycles. The SMILES string of the molecule is COc1cc(CC2(O)CC2)cc(O)c1O. The lowest BCUT2D eigenvalue weighted by Gasteiger charge is -2.11. The largest absolute Gasteiger partial charge is 0.504 e. The monoisotopic (exact) mass is 210 g/mol. The van der Waals surface area contributed by atoms with Gasteiger partial charge in [0.1, 0.15) is 0 Å². The van der Waals surface area contributed by atoms with E-state index in [1.54, 1.807) is 6.07 Å². The number of benzene rings is 1. The van der Waals surface area contributed by atoms with Crippen LogP contribution < -0.4 is 4.74 Å². The van der Waals surface area contributed by atoms with E-state index in [0.717, 1.165) is 18.4 Å². The number of rotatable bonds is 3. The van der Waals surface area contributed by atoms with E-state index >= 15 is 0 Å². The molecule has 1 aromatic rings. The summed E-state index contributed by atoms with van der Waals surface area (Å²) >= 11 is 0. The van der Waals surface area contributed by atoms with Gasteiger partial charge in [0.15, 0.2) is 11.5 Å². The summed E-state index contributed by atoms with van der Waals surface area (Å²) in [5.74, 6) is -0.244. The Morgan fingerprint density at radius 3 is 2.53 bits per heavy atom. The second kappa shape index (κ2) is 3.31. The highest BCUT2D eigenvalue weighted by Gasteiger charge is 2.40.